The first-order valence-corrected chi connectivity index (χ1v) is 29.7. The van der Waals surface area contributed by atoms with Crippen LogP contribution in [0.15, 0.2) is 217 Å². The van der Waals surface area contributed by atoms with Crippen molar-refractivity contribution in [3.63, 3.8) is 0 Å². The van der Waals surface area contributed by atoms with Gasteiger partial charge in [0.05, 0.1) is 0 Å². The molecule has 0 spiro atoms. The van der Waals surface area contributed by atoms with E-state index in [0.29, 0.717) is 0 Å². The van der Waals surface area contributed by atoms with E-state index in [0.717, 1.165) is 38.5 Å². The Morgan fingerprint density at radius 2 is 0.562 bits per heavy atom. The Hall–Kier alpha value is -5.74. The quantitative estimate of drug-likeness (QED) is 0.0538. The first-order valence-electron chi connectivity index (χ1n) is 27.7. The van der Waals surface area contributed by atoms with E-state index in [-0.39, 0.29) is 58.9 Å². The predicted octanol–water partition coefficient (Wildman–Crippen LogP) is 7.42. The van der Waals surface area contributed by atoms with E-state index in [1.807, 2.05) is 0 Å². The molecule has 9 aromatic carbocycles. The second-order valence-electron chi connectivity index (χ2n) is 22.3. The monoisotopic (exact) mass is 1160 g/mol. The maximum absolute atomic E-state index is 4.59. The molecular formula is C75H75Cl3SiTi. The van der Waals surface area contributed by atoms with Gasteiger partial charge >= 0.3 is 21.7 Å². The van der Waals surface area contributed by atoms with Gasteiger partial charge in [0.15, 0.2) is 0 Å². The standard InChI is InChI=1S/C75H75Si.3ClH.Ti/c1-51-41-66(44-60-29-17-11-18-30-60)69(47-63-35-23-14-24-36-63)72(56(51)6)76(75(10)50-54(4)55(5)59(75)9,73-57(7)52(2)42-67(45-61-31-19-12-20-32-61)70(73)48-64-37-25-15-26-38-64)74-58(8)53(3)43-68(46-62-33-21-13-22-34-62)71(74)49-65-39-27-16-28-40-65;;;;/h11-43H,44-49H2,1-10H3;3*1H;/q-1;;;;+4/p-3. The van der Waals surface area contributed by atoms with Crippen LogP contribution < -0.4 is 52.8 Å². The van der Waals surface area contributed by atoms with Gasteiger partial charge in [-0.05, 0) is 196 Å². The zero-order valence-electron chi connectivity index (χ0n) is 48.4. The van der Waals surface area contributed by atoms with Crippen molar-refractivity contribution in [3.8, 4) is 0 Å². The van der Waals surface area contributed by atoms with E-state index >= 15 is 0 Å². The van der Waals surface area contributed by atoms with Gasteiger partial charge in [-0.2, -0.15) is 11.1 Å². The summed E-state index contributed by atoms with van der Waals surface area (Å²) in [5.74, 6) is 0. The van der Waals surface area contributed by atoms with Crippen LogP contribution >= 0.6 is 0 Å². The van der Waals surface area contributed by atoms with Gasteiger partial charge in [-0.3, -0.25) is 6.08 Å². The molecule has 1 atom stereocenters. The SMILES string of the molecule is CC1=[C-]C(C)([Si](c2c(C)c(C)cc(Cc3ccccc3)c2Cc2ccccc2)(c2c(C)c(C)cc(Cc3ccccc3)c2Cc2ccccc2)c2c(C)c(C)cc(Cc3ccccc3)c2Cc2ccccc2)C(C)=C1C.[Cl-].[Cl-].[Cl-].[Ti+4]. The van der Waals surface area contributed by atoms with Crippen molar-refractivity contribution >= 4 is 23.6 Å². The molecule has 0 fully saturated rings. The number of benzene rings is 9. The molecule has 10 rings (SSSR count). The minimum absolute atomic E-state index is 0. The summed E-state index contributed by atoms with van der Waals surface area (Å²) < 4.78 is 0. The molecular weight excluding hydrogens is 1080 g/mol. The van der Waals surface area contributed by atoms with Gasteiger partial charge in [0.1, 0.15) is 8.07 Å². The first kappa shape index (κ1) is 63.4. The summed E-state index contributed by atoms with van der Waals surface area (Å²) in [6.07, 6.45) is 9.58. The molecule has 404 valence electrons. The maximum Gasteiger partial charge on any atom is 4.00 e. The molecule has 80 heavy (non-hydrogen) atoms. The molecule has 1 aliphatic carbocycles. The molecule has 0 saturated heterocycles. The molecule has 0 heterocycles. The number of aryl methyl sites for hydroxylation is 3. The van der Waals surface area contributed by atoms with E-state index < -0.39 is 13.1 Å². The Bertz CT molecular complexity index is 3270. The number of rotatable bonds is 16. The number of hydrogen-bond acceptors (Lipinski definition) is 0. The summed E-state index contributed by atoms with van der Waals surface area (Å²) in [6.45, 7) is 24.7. The molecule has 0 aliphatic heterocycles. The van der Waals surface area contributed by atoms with Crippen LogP contribution in [-0.2, 0) is 60.2 Å². The molecule has 0 N–H and O–H groups in total. The largest absolute Gasteiger partial charge is 4.00 e. The summed E-state index contributed by atoms with van der Waals surface area (Å²) in [4.78, 5) is 0. The molecule has 0 amide bonds. The Morgan fingerprint density at radius 1 is 0.338 bits per heavy atom. The summed E-state index contributed by atoms with van der Waals surface area (Å²) in [6, 6.07) is 75.6. The van der Waals surface area contributed by atoms with Crippen LogP contribution in [0, 0.1) is 47.6 Å². The molecule has 0 aromatic heterocycles. The molecule has 1 aliphatic rings. The van der Waals surface area contributed by atoms with Crippen molar-refractivity contribution < 1.29 is 58.9 Å². The topological polar surface area (TPSA) is 0 Å². The van der Waals surface area contributed by atoms with E-state index in [1.165, 1.54) is 117 Å². The molecule has 0 bridgehead atoms. The zero-order chi connectivity index (χ0) is 53.1. The smallest absolute Gasteiger partial charge is 1.00 e. The van der Waals surface area contributed by atoms with Crippen LogP contribution in [0.5, 0.6) is 0 Å². The molecule has 0 nitrogen and oxygen atoms in total. The van der Waals surface area contributed by atoms with Crippen molar-refractivity contribution in [2.45, 2.75) is 113 Å². The minimum atomic E-state index is -3.72. The van der Waals surface area contributed by atoms with Gasteiger partial charge < -0.3 is 37.2 Å². The van der Waals surface area contributed by atoms with Crippen molar-refractivity contribution in [3.05, 3.63) is 323 Å². The number of halogens is 3. The summed E-state index contributed by atoms with van der Waals surface area (Å²) in [5.41, 5.74) is 29.1. The fourth-order valence-corrected chi connectivity index (χ4v) is 21.0. The zero-order valence-corrected chi connectivity index (χ0v) is 53.3. The maximum atomic E-state index is 4.59. The van der Waals surface area contributed by atoms with Crippen LogP contribution in [0.1, 0.15) is 128 Å². The van der Waals surface area contributed by atoms with Gasteiger partial charge in [-0.25, -0.2) is 5.57 Å². The third kappa shape index (κ3) is 12.4. The third-order valence-corrected chi connectivity index (χ3v) is 24.0. The summed E-state index contributed by atoms with van der Waals surface area (Å²) in [5, 5.41) is 4.17. The van der Waals surface area contributed by atoms with Crippen LogP contribution in [0.25, 0.3) is 0 Å². The molecule has 9 aromatic rings. The van der Waals surface area contributed by atoms with Crippen molar-refractivity contribution in [1.82, 2.24) is 0 Å². The fraction of sp³-hybridized carbons (Fsp3) is 0.227. The van der Waals surface area contributed by atoms with Crippen molar-refractivity contribution in [2.24, 2.45) is 0 Å². The van der Waals surface area contributed by atoms with E-state index in [1.54, 1.807) is 15.6 Å². The van der Waals surface area contributed by atoms with Crippen molar-refractivity contribution in [1.29, 1.82) is 0 Å². The van der Waals surface area contributed by atoms with Gasteiger partial charge in [0, 0.05) is 0 Å². The van der Waals surface area contributed by atoms with Gasteiger partial charge in [0.2, 0.25) is 0 Å². The van der Waals surface area contributed by atoms with E-state index in [2.05, 4.69) is 276 Å². The van der Waals surface area contributed by atoms with Crippen LogP contribution in [0.3, 0.4) is 0 Å². The Kier molecular flexibility index (Phi) is 21.7. The Morgan fingerprint density at radius 3 is 0.775 bits per heavy atom. The minimum Gasteiger partial charge on any atom is -1.00 e. The average molecular weight is 1160 g/mol. The number of allylic oxidation sites excluding steroid dienone is 4. The van der Waals surface area contributed by atoms with Gasteiger partial charge in [-0.1, -0.05) is 226 Å². The Balaban J connectivity index is 0.00000258. The van der Waals surface area contributed by atoms with Gasteiger partial charge in [0.25, 0.3) is 0 Å². The second-order valence-corrected chi connectivity index (χ2v) is 26.3. The molecule has 0 saturated carbocycles. The second kappa shape index (κ2) is 27.4. The Labute approximate surface area is 514 Å². The summed E-state index contributed by atoms with van der Waals surface area (Å²) >= 11 is 0. The number of hydrogen-bond donors (Lipinski definition) is 0. The van der Waals surface area contributed by atoms with Crippen LogP contribution in [0.2, 0.25) is 5.04 Å². The summed E-state index contributed by atoms with van der Waals surface area (Å²) in [7, 11) is -3.72. The predicted molar refractivity (Wildman–Crippen MR) is 327 cm³/mol. The normalized spacial score (nSPS) is 13.8. The van der Waals surface area contributed by atoms with Gasteiger partial charge in [-0.15, -0.1) is 6.92 Å². The molecule has 5 heteroatoms. The fourth-order valence-electron chi connectivity index (χ4n) is 13.3. The van der Waals surface area contributed by atoms with E-state index in [4.69, 9.17) is 0 Å². The molecule has 0 radical (unpaired) electrons. The molecule has 1 unspecified atom stereocenters. The first-order chi connectivity index (χ1) is 36.8. The van der Waals surface area contributed by atoms with Crippen molar-refractivity contribution in [2.75, 3.05) is 0 Å². The third-order valence-electron chi connectivity index (χ3n) is 17.7. The average Bonchev–Trinajstić information content (AvgIpc) is 2.44. The van der Waals surface area contributed by atoms with E-state index in [9.17, 15) is 0 Å². The van der Waals surface area contributed by atoms with Crippen LogP contribution in [-0.4, -0.2) is 8.07 Å². The van der Waals surface area contributed by atoms with Crippen LogP contribution in [0.4, 0.5) is 0 Å².